The number of fused-ring (bicyclic) bond motifs is 18. The van der Waals surface area contributed by atoms with Crippen LogP contribution in [-0.2, 0) is 9.59 Å². The largest absolute Gasteiger partial charge is 0.507 e. The fraction of sp³-hybridized carbons (Fsp3) is 0.375. The van der Waals surface area contributed by atoms with E-state index in [1.54, 1.807) is 70.4 Å². The minimum absolute atomic E-state index is 0.0985. The Labute approximate surface area is 303 Å². The molecule has 5 N–H and O–H groups in total. The van der Waals surface area contributed by atoms with Gasteiger partial charge in [0.2, 0.25) is 17.5 Å². The highest BCUT2D eigenvalue weighted by atomic mass is 32.2. The first-order valence-corrected chi connectivity index (χ1v) is 17.9. The molecule has 11 heteroatoms. The number of aliphatic hydroxyl groups excluding tert-OH is 3. The van der Waals surface area contributed by atoms with Gasteiger partial charge >= 0.3 is 0 Å². The predicted octanol–water partition coefficient (Wildman–Crippen LogP) is 5.42. The number of nitrogens with one attached hydrogen (secondary N) is 1. The van der Waals surface area contributed by atoms with Crippen LogP contribution in [-0.4, -0.2) is 74.0 Å². The third-order valence-electron chi connectivity index (χ3n) is 8.99. The van der Waals surface area contributed by atoms with Crippen LogP contribution in [0.4, 0.5) is 0 Å². The Balaban J connectivity index is 2.08. The van der Waals surface area contributed by atoms with Crippen LogP contribution in [0.5, 0.6) is 5.75 Å². The zero-order chi connectivity index (χ0) is 38.2. The maximum absolute atomic E-state index is 13.9. The summed E-state index contributed by atoms with van der Waals surface area (Å²) in [5, 5.41) is 45.7. The highest BCUT2D eigenvalue weighted by Crippen LogP contribution is 2.39. The summed E-state index contributed by atoms with van der Waals surface area (Å²) in [6, 6.07) is 1.32. The van der Waals surface area contributed by atoms with Gasteiger partial charge in [0.15, 0.2) is 11.6 Å². The second kappa shape index (κ2) is 18.2. The maximum Gasteiger partial charge on any atom is 0.248 e. The van der Waals surface area contributed by atoms with E-state index in [1.165, 1.54) is 44.2 Å². The number of allylic oxidation sites excluding steroid dienone is 8. The summed E-state index contributed by atoms with van der Waals surface area (Å²) in [7, 11) is 0. The molecule has 0 spiro atoms. The average molecular weight is 718 g/mol. The van der Waals surface area contributed by atoms with Crippen molar-refractivity contribution >= 4 is 40.8 Å². The number of hydrogen-bond donors (Lipinski definition) is 5. The molecule has 272 valence electrons. The summed E-state index contributed by atoms with van der Waals surface area (Å²) in [4.78, 5) is 67.0. The van der Waals surface area contributed by atoms with Crippen LogP contribution in [0.2, 0.25) is 0 Å². The molecule has 0 radical (unpaired) electrons. The number of thioether (sulfide) groups is 1. The van der Waals surface area contributed by atoms with Crippen molar-refractivity contribution in [1.82, 2.24) is 5.32 Å². The van der Waals surface area contributed by atoms with E-state index in [-0.39, 0.29) is 63.0 Å². The Kier molecular flexibility index (Phi) is 14.6. The summed E-state index contributed by atoms with van der Waals surface area (Å²) in [5.41, 5.74) is -0.271. The molecule has 0 aromatic heterocycles. The maximum atomic E-state index is 13.9. The summed E-state index contributed by atoms with van der Waals surface area (Å²) >= 11 is 0.921. The fourth-order valence-electron chi connectivity index (χ4n) is 5.71. The molecular formula is C40H47NO9S. The third kappa shape index (κ3) is 10.1. The van der Waals surface area contributed by atoms with E-state index in [0.717, 1.165) is 11.8 Å². The highest BCUT2D eigenvalue weighted by molar-refractivity contribution is 8.03. The number of benzene rings is 1. The summed E-state index contributed by atoms with van der Waals surface area (Å²) in [6.45, 7) is 9.80. The minimum atomic E-state index is -0.992. The average Bonchev–Trinajstić information content (AvgIpc) is 3.09. The molecule has 0 saturated carbocycles. The van der Waals surface area contributed by atoms with Crippen LogP contribution < -0.4 is 5.32 Å². The quantitative estimate of drug-likeness (QED) is 0.236. The van der Waals surface area contributed by atoms with Crippen LogP contribution in [0.3, 0.4) is 0 Å². The predicted molar refractivity (Wildman–Crippen MR) is 198 cm³/mol. The monoisotopic (exact) mass is 717 g/mol. The number of aliphatic hydroxyl groups is 3. The van der Waals surface area contributed by atoms with Gasteiger partial charge in [0.25, 0.3) is 0 Å². The molecule has 10 nitrogen and oxygen atoms in total. The Morgan fingerprint density at radius 2 is 1.43 bits per heavy atom. The van der Waals surface area contributed by atoms with Crippen molar-refractivity contribution in [2.24, 2.45) is 17.8 Å². The van der Waals surface area contributed by atoms with Crippen LogP contribution in [0.15, 0.2) is 88.6 Å². The van der Waals surface area contributed by atoms with Crippen molar-refractivity contribution in [3.63, 3.8) is 0 Å². The van der Waals surface area contributed by atoms with Crippen molar-refractivity contribution in [3.05, 3.63) is 111 Å². The lowest BCUT2D eigenvalue weighted by Gasteiger charge is -2.24. The molecule has 4 bridgehead atoms. The first-order chi connectivity index (χ1) is 24.0. The first-order valence-electron chi connectivity index (χ1n) is 16.7. The number of phenolic OH excluding ortho intramolecular Hbond substituents is 1. The van der Waals surface area contributed by atoms with Gasteiger partial charge in [-0.3, -0.25) is 24.0 Å². The van der Waals surface area contributed by atoms with E-state index in [0.29, 0.717) is 5.57 Å². The van der Waals surface area contributed by atoms with Gasteiger partial charge < -0.3 is 25.7 Å². The van der Waals surface area contributed by atoms with Gasteiger partial charge in [0.1, 0.15) is 11.4 Å². The van der Waals surface area contributed by atoms with E-state index in [9.17, 15) is 44.4 Å². The number of carbonyl (C=O) groups is 5. The van der Waals surface area contributed by atoms with E-state index < -0.39 is 59.2 Å². The zero-order valence-electron chi connectivity index (χ0n) is 30.0. The van der Waals surface area contributed by atoms with E-state index in [4.69, 9.17) is 0 Å². The zero-order valence-corrected chi connectivity index (χ0v) is 30.8. The second-order valence-electron chi connectivity index (χ2n) is 13.0. The number of aryl methyl sites for hydroxylation is 1. The van der Waals surface area contributed by atoms with Gasteiger partial charge in [-0.1, -0.05) is 75.5 Å². The third-order valence-corrected chi connectivity index (χ3v) is 9.79. The Morgan fingerprint density at radius 1 is 0.765 bits per heavy atom. The van der Waals surface area contributed by atoms with Gasteiger partial charge in [0, 0.05) is 41.4 Å². The van der Waals surface area contributed by atoms with Gasteiger partial charge in [-0.05, 0) is 56.2 Å². The molecule has 0 fully saturated rings. The Hall–Kier alpha value is -4.42. The van der Waals surface area contributed by atoms with E-state index in [2.05, 4.69) is 5.32 Å². The van der Waals surface area contributed by atoms with Gasteiger partial charge in [-0.25, -0.2) is 0 Å². The molecular weight excluding hydrogens is 671 g/mol. The Bertz CT molecular complexity index is 1790. The summed E-state index contributed by atoms with van der Waals surface area (Å²) < 4.78 is 0. The number of carbonyl (C=O) groups excluding carboxylic acids is 5. The first kappa shape index (κ1) is 41.0. The number of rotatable bonds is 1. The van der Waals surface area contributed by atoms with Crippen LogP contribution in [0.25, 0.3) is 0 Å². The molecule has 1 amide bonds. The summed E-state index contributed by atoms with van der Waals surface area (Å²) in [6.07, 6.45) is 14.1. The molecule has 6 atom stereocenters. The minimum Gasteiger partial charge on any atom is -0.507 e. The topological polar surface area (TPSA) is 178 Å². The molecule has 2 heterocycles. The fourth-order valence-corrected chi connectivity index (χ4v) is 6.34. The SMILES string of the molecule is CSC1=C2NC(=O)/C=C/C=C\C=C\C(C)C(O)CC(=O)/C(C)=C/CC(O)/C=C/C(C)C(O)C(C)/C=C(/C)C(=O)c3c(O)c(C)cc(c3C1=O)C2=O. The molecule has 1 aliphatic carbocycles. The smallest absolute Gasteiger partial charge is 0.248 e. The number of amides is 1. The lowest BCUT2D eigenvalue weighted by molar-refractivity contribution is -0.118. The Morgan fingerprint density at radius 3 is 2.10 bits per heavy atom. The van der Waals surface area contributed by atoms with E-state index >= 15 is 0 Å². The van der Waals surface area contributed by atoms with Crippen LogP contribution >= 0.6 is 11.8 Å². The lowest BCUT2D eigenvalue weighted by atomic mass is 9.83. The van der Waals surface area contributed by atoms with Crippen molar-refractivity contribution in [2.75, 3.05) is 6.26 Å². The molecule has 0 saturated heterocycles. The summed E-state index contributed by atoms with van der Waals surface area (Å²) in [5.74, 6) is -4.91. The number of hydrogen-bond acceptors (Lipinski definition) is 10. The molecule has 3 aliphatic rings. The molecule has 51 heavy (non-hydrogen) atoms. The van der Waals surface area contributed by atoms with Gasteiger partial charge in [-0.2, -0.15) is 0 Å². The number of ketones is 4. The van der Waals surface area contributed by atoms with Crippen molar-refractivity contribution in [1.29, 1.82) is 0 Å². The molecule has 4 rings (SSSR count). The van der Waals surface area contributed by atoms with Crippen LogP contribution in [0, 0.1) is 24.7 Å². The standard InChI is InChI=1S/C40H47NO9S/c1-21-12-10-8-9-11-13-31(45)41-34-38(49)28-19-26(6)37(48)33(32(28)39(50)40(34)51-7)36(47)25(5)18-24(4)35(46)23(3)15-17-27(42)16-14-22(2)30(44)20-29(21)43/h8-15,17-19,21,23-24,27,29,35,42-43,46,48H,16,20H2,1-7H3,(H,41,45)/b9-8-,12-10+,13-11+,17-15+,22-14+,25-18-. The van der Waals surface area contributed by atoms with Gasteiger partial charge in [-0.15, -0.1) is 11.8 Å². The molecule has 1 aromatic rings. The van der Waals surface area contributed by atoms with Crippen molar-refractivity contribution in [2.45, 2.75) is 72.7 Å². The molecule has 6 unspecified atom stereocenters. The van der Waals surface area contributed by atoms with Crippen LogP contribution in [0.1, 0.15) is 84.1 Å². The van der Waals surface area contributed by atoms with E-state index in [1.807, 2.05) is 0 Å². The number of phenols is 1. The number of Topliss-reactive ketones (excluding diaryl/α,β-unsaturated/α-hetero) is 4. The normalized spacial score (nSPS) is 31.0. The molecule has 1 aromatic carbocycles. The lowest BCUT2D eigenvalue weighted by Crippen LogP contribution is -2.33. The van der Waals surface area contributed by atoms with Gasteiger partial charge in [0.05, 0.1) is 28.8 Å². The van der Waals surface area contributed by atoms with Crippen molar-refractivity contribution in [3.8, 4) is 5.75 Å². The number of aromatic hydroxyl groups is 1. The molecule has 2 aliphatic heterocycles. The second-order valence-corrected chi connectivity index (χ2v) is 13.9. The van der Waals surface area contributed by atoms with Crippen molar-refractivity contribution < 1.29 is 44.4 Å². The highest BCUT2D eigenvalue weighted by Gasteiger charge is 2.38.